The molecule has 10 rings (SSSR count). The molecule has 0 aromatic heterocycles. The van der Waals surface area contributed by atoms with Crippen LogP contribution in [0.25, 0.3) is 33.7 Å². The lowest BCUT2D eigenvalue weighted by molar-refractivity contribution is -0.152. The Labute approximate surface area is 580 Å². The molecule has 0 bridgehead atoms. The monoisotopic (exact) mass is 1360 g/mol. The molecule has 2 heterocycles. The molecular formula is C80H82O20. The molecule has 100 heavy (non-hydrogen) atoms. The van der Waals surface area contributed by atoms with E-state index >= 15 is 0 Å². The molecule has 0 fully saturated rings. The summed E-state index contributed by atoms with van der Waals surface area (Å²) in [5.41, 5.74) is 6.41. The maximum absolute atomic E-state index is 13.1. The standard InChI is InChI=1S/C80H82O20/c1-53-63-13-7-9-15-65(63)77-67(39-41-79(99-77,55-19-27-59(87-3)28-20-55)56-21-29-60(88-4)30-22-56)69(53)51-97-75(85)37-35-73(83)95-49-45-91-43-47-93-71(81)17-11-12-18-72(82)94-48-44-92-46-50-96-74(84)36-38-76(86)98-52-70-54(2)64-14-8-10-16-66(64)78-68(70)40-42-80(100-78,57-23-31-61(89-5)32-24-57)58-25-33-62(90-6)34-26-58/h7-10,13-16,19-34,39-42H,11-12,17-18,35-38,43-52H2,1-6H3. The van der Waals surface area contributed by atoms with Crippen molar-refractivity contribution >= 4 is 69.5 Å². The molecule has 0 unspecified atom stereocenters. The second-order valence-corrected chi connectivity index (χ2v) is 23.7. The van der Waals surface area contributed by atoms with Crippen molar-refractivity contribution in [2.75, 3.05) is 81.3 Å². The van der Waals surface area contributed by atoms with Crippen LogP contribution < -0.4 is 28.4 Å². The Morgan fingerprint density at radius 2 is 0.600 bits per heavy atom. The van der Waals surface area contributed by atoms with Gasteiger partial charge in [-0.25, -0.2) is 0 Å². The van der Waals surface area contributed by atoms with Gasteiger partial charge in [0.05, 0.1) is 80.6 Å². The number of unbranched alkanes of at least 4 members (excludes halogenated alkanes) is 1. The average Bonchev–Trinajstić information content (AvgIpc) is 0.736. The number of methoxy groups -OCH3 is 4. The van der Waals surface area contributed by atoms with Crippen LogP contribution in [-0.4, -0.2) is 117 Å². The first-order valence-electron chi connectivity index (χ1n) is 33.2. The zero-order chi connectivity index (χ0) is 70.4. The molecule has 8 aromatic rings. The van der Waals surface area contributed by atoms with E-state index in [-0.39, 0.29) is 105 Å². The lowest BCUT2D eigenvalue weighted by atomic mass is 9.82. The van der Waals surface area contributed by atoms with E-state index < -0.39 is 47.0 Å². The first kappa shape index (κ1) is 72.1. The Bertz CT molecular complexity index is 3860. The lowest BCUT2D eigenvalue weighted by Gasteiger charge is -2.37. The van der Waals surface area contributed by atoms with Gasteiger partial charge in [-0.2, -0.15) is 0 Å². The van der Waals surface area contributed by atoms with Crippen LogP contribution in [0.2, 0.25) is 0 Å². The number of esters is 6. The third kappa shape index (κ3) is 17.6. The minimum absolute atomic E-state index is 0.0186. The maximum Gasteiger partial charge on any atom is 0.306 e. The van der Waals surface area contributed by atoms with Crippen molar-refractivity contribution in [3.8, 4) is 34.5 Å². The summed E-state index contributed by atoms with van der Waals surface area (Å²) in [4.78, 5) is 75.9. The number of hydrogen-bond acceptors (Lipinski definition) is 20. The van der Waals surface area contributed by atoms with E-state index in [2.05, 4.69) is 0 Å². The van der Waals surface area contributed by atoms with Crippen LogP contribution in [0.4, 0.5) is 0 Å². The molecule has 0 radical (unpaired) electrons. The van der Waals surface area contributed by atoms with Crippen LogP contribution in [0.5, 0.6) is 34.5 Å². The van der Waals surface area contributed by atoms with Crippen LogP contribution in [0.1, 0.15) is 107 Å². The van der Waals surface area contributed by atoms with Gasteiger partial charge in [0.1, 0.15) is 74.1 Å². The summed E-state index contributed by atoms with van der Waals surface area (Å²) in [6, 6.07) is 46.8. The summed E-state index contributed by atoms with van der Waals surface area (Å²) >= 11 is 0. The van der Waals surface area contributed by atoms with E-state index in [4.69, 9.17) is 66.3 Å². The molecule has 522 valence electrons. The van der Waals surface area contributed by atoms with Gasteiger partial charge in [-0.1, -0.05) is 109 Å². The number of fused-ring (bicyclic) bond motifs is 6. The van der Waals surface area contributed by atoms with Crippen molar-refractivity contribution in [3.05, 3.63) is 213 Å². The van der Waals surface area contributed by atoms with E-state index in [1.807, 2.05) is 184 Å². The summed E-state index contributed by atoms with van der Waals surface area (Å²) in [6.45, 7) is 3.92. The van der Waals surface area contributed by atoms with E-state index in [1.54, 1.807) is 28.4 Å². The largest absolute Gasteiger partial charge is 0.497 e. The quantitative estimate of drug-likeness (QED) is 0.0204. The van der Waals surface area contributed by atoms with Crippen molar-refractivity contribution in [2.24, 2.45) is 0 Å². The molecule has 0 atom stereocenters. The minimum atomic E-state index is -1.03. The molecule has 0 spiro atoms. The Balaban J connectivity index is 0.555. The third-order valence-electron chi connectivity index (χ3n) is 17.6. The molecule has 8 aromatic carbocycles. The second kappa shape index (κ2) is 34.7. The average molecular weight is 1360 g/mol. The van der Waals surface area contributed by atoms with Crippen molar-refractivity contribution in [1.29, 1.82) is 0 Å². The van der Waals surface area contributed by atoms with E-state index in [9.17, 15) is 28.8 Å². The summed E-state index contributed by atoms with van der Waals surface area (Å²) in [5, 5.41) is 3.68. The van der Waals surface area contributed by atoms with Gasteiger partial charge >= 0.3 is 35.8 Å². The van der Waals surface area contributed by atoms with Crippen LogP contribution in [0.3, 0.4) is 0 Å². The Morgan fingerprint density at radius 3 is 0.890 bits per heavy atom. The highest BCUT2D eigenvalue weighted by molar-refractivity contribution is 5.98. The number of carbonyl (C=O) groups excluding carboxylic acids is 6. The molecular weight excluding hydrogens is 1280 g/mol. The van der Waals surface area contributed by atoms with Crippen molar-refractivity contribution < 1.29 is 95.1 Å². The third-order valence-corrected chi connectivity index (χ3v) is 17.6. The van der Waals surface area contributed by atoms with Crippen LogP contribution in [0.15, 0.2) is 158 Å². The highest BCUT2D eigenvalue weighted by atomic mass is 16.6. The van der Waals surface area contributed by atoms with Gasteiger partial charge in [0, 0.05) is 68.1 Å². The first-order chi connectivity index (χ1) is 48.7. The van der Waals surface area contributed by atoms with Crippen molar-refractivity contribution in [3.63, 3.8) is 0 Å². The van der Waals surface area contributed by atoms with Gasteiger partial charge in [0.2, 0.25) is 0 Å². The van der Waals surface area contributed by atoms with Crippen LogP contribution >= 0.6 is 0 Å². The predicted molar refractivity (Wildman–Crippen MR) is 372 cm³/mol. The smallest absolute Gasteiger partial charge is 0.306 e. The Kier molecular flexibility index (Phi) is 25.0. The zero-order valence-electron chi connectivity index (χ0n) is 57.1. The molecule has 2 aliphatic heterocycles. The molecule has 0 aliphatic carbocycles. The van der Waals surface area contributed by atoms with Gasteiger partial charge in [-0.15, -0.1) is 0 Å². The van der Waals surface area contributed by atoms with Gasteiger partial charge in [0.15, 0.2) is 11.2 Å². The summed E-state index contributed by atoms with van der Waals surface area (Å²) in [7, 11) is 6.48. The van der Waals surface area contributed by atoms with Gasteiger partial charge in [-0.3, -0.25) is 28.8 Å². The molecule has 0 N–H and O–H groups in total. The number of hydrogen-bond donors (Lipinski definition) is 0. The highest BCUT2D eigenvalue weighted by Gasteiger charge is 2.41. The van der Waals surface area contributed by atoms with Crippen molar-refractivity contribution in [1.82, 2.24) is 0 Å². The van der Waals surface area contributed by atoms with Crippen LogP contribution in [-0.2, 0) is 91.1 Å². The Morgan fingerprint density at radius 1 is 0.330 bits per heavy atom. The molecule has 0 saturated heterocycles. The van der Waals surface area contributed by atoms with E-state index in [0.29, 0.717) is 47.3 Å². The molecule has 20 nitrogen and oxygen atoms in total. The van der Waals surface area contributed by atoms with Gasteiger partial charge in [0.25, 0.3) is 0 Å². The normalized spacial score (nSPS) is 13.0. The van der Waals surface area contributed by atoms with Crippen molar-refractivity contribution in [2.45, 2.75) is 89.6 Å². The number of aryl methyl sites for hydroxylation is 2. The molecule has 0 amide bonds. The number of carbonyl (C=O) groups is 6. The summed E-state index contributed by atoms with van der Waals surface area (Å²) in [6.07, 6.45) is 8.22. The minimum Gasteiger partial charge on any atom is -0.497 e. The van der Waals surface area contributed by atoms with Gasteiger partial charge in [-0.05, 0) is 109 Å². The lowest BCUT2D eigenvalue weighted by Crippen LogP contribution is -2.34. The Hall–Kier alpha value is -10.7. The topological polar surface area (TPSA) is 232 Å². The van der Waals surface area contributed by atoms with E-state index in [1.165, 1.54) is 0 Å². The zero-order valence-corrected chi connectivity index (χ0v) is 57.1. The molecule has 0 saturated carbocycles. The van der Waals surface area contributed by atoms with Gasteiger partial charge < -0.3 is 66.3 Å². The fourth-order valence-corrected chi connectivity index (χ4v) is 12.1. The van der Waals surface area contributed by atoms with E-state index in [0.717, 1.165) is 77.2 Å². The fraction of sp³-hybridized carbons (Fsp3) is 0.325. The summed E-state index contributed by atoms with van der Waals surface area (Å²) in [5.74, 6) is 0.850. The highest BCUT2D eigenvalue weighted by Crippen LogP contribution is 2.50. The predicted octanol–water partition coefficient (Wildman–Crippen LogP) is 13.5. The van der Waals surface area contributed by atoms with Crippen LogP contribution in [0, 0.1) is 13.8 Å². The fourth-order valence-electron chi connectivity index (χ4n) is 12.1. The second-order valence-electron chi connectivity index (χ2n) is 23.7. The SMILES string of the molecule is COc1ccc(C2(c3ccc(OC)cc3)C=Cc3c(COC(=O)CCC(=O)OCCOCCOC(=O)CCCCC(=O)OCCOCCOC(=O)CCC(=O)OCc4c5c(c6ccccc6c4C)OC(c4ccc(OC)cc4)(c4ccc(OC)cc4)C=C5)c(C)c4ccccc4c3O2)cc1. The number of benzene rings is 8. The number of rotatable bonds is 35. The maximum atomic E-state index is 13.1. The molecule has 20 heteroatoms. The molecule has 2 aliphatic rings. The summed E-state index contributed by atoms with van der Waals surface area (Å²) < 4.78 is 79.6. The number of ether oxygens (including phenoxy) is 14. The first-order valence-corrected chi connectivity index (χ1v) is 33.2.